The summed E-state index contributed by atoms with van der Waals surface area (Å²) in [6.45, 7) is 1.94. The van der Waals surface area contributed by atoms with E-state index >= 15 is 0 Å². The lowest BCUT2D eigenvalue weighted by molar-refractivity contribution is -0.143. The number of aromatic carboxylic acids is 1. The number of halogens is 1. The minimum Gasteiger partial charge on any atom is -0.477 e. The van der Waals surface area contributed by atoms with Crippen LogP contribution < -0.4 is 5.32 Å². The van der Waals surface area contributed by atoms with Crippen molar-refractivity contribution in [1.29, 1.82) is 0 Å². The number of carboxylic acid groups (broad SMARTS) is 1. The van der Waals surface area contributed by atoms with Crippen LogP contribution in [-0.4, -0.2) is 45.8 Å². The number of amides is 1. The number of rotatable bonds is 9. The van der Waals surface area contributed by atoms with Crippen molar-refractivity contribution < 1.29 is 24.2 Å². The lowest BCUT2D eigenvalue weighted by Crippen LogP contribution is -2.38. The summed E-state index contributed by atoms with van der Waals surface area (Å²) >= 11 is 6.06. The van der Waals surface area contributed by atoms with Crippen LogP contribution in [0.25, 0.3) is 11.1 Å². The van der Waals surface area contributed by atoms with Gasteiger partial charge in [-0.25, -0.2) is 4.79 Å². The van der Waals surface area contributed by atoms with E-state index in [2.05, 4.69) is 15.5 Å². The molecule has 166 valence electrons. The molecule has 3 rings (SSSR count). The van der Waals surface area contributed by atoms with E-state index < -0.39 is 23.9 Å². The Morgan fingerprint density at radius 1 is 1.12 bits per heavy atom. The van der Waals surface area contributed by atoms with Gasteiger partial charge in [0.25, 0.3) is 5.91 Å². The first-order valence-corrected chi connectivity index (χ1v) is 10.3. The normalized spacial score (nSPS) is 11.6. The van der Waals surface area contributed by atoms with Crippen molar-refractivity contribution >= 4 is 29.4 Å². The Labute approximate surface area is 189 Å². The maximum Gasteiger partial charge on any atom is 0.353 e. The molecule has 0 aliphatic rings. The molecule has 9 heteroatoms. The molecule has 0 radical (unpaired) electrons. The fraction of sp³-hybridized carbons (Fsp3) is 0.217. The fourth-order valence-electron chi connectivity index (χ4n) is 3.19. The molecular formula is C23H22ClN3O5. The molecule has 1 amide bonds. The molecule has 3 aromatic rings. The molecule has 0 unspecified atom stereocenters. The van der Waals surface area contributed by atoms with Gasteiger partial charge >= 0.3 is 11.9 Å². The predicted molar refractivity (Wildman–Crippen MR) is 119 cm³/mol. The van der Waals surface area contributed by atoms with E-state index in [-0.39, 0.29) is 24.4 Å². The molecule has 0 saturated carbocycles. The van der Waals surface area contributed by atoms with Crippen LogP contribution >= 0.6 is 11.6 Å². The fourth-order valence-corrected chi connectivity index (χ4v) is 3.38. The van der Waals surface area contributed by atoms with Gasteiger partial charge in [0.2, 0.25) is 0 Å². The number of hydrogen-bond acceptors (Lipinski definition) is 5. The first-order valence-electron chi connectivity index (χ1n) is 9.95. The second kappa shape index (κ2) is 10.6. The number of aromatic nitrogens is 2. The number of nitrogens with zero attached hydrogens (tertiary/aromatic N) is 1. The van der Waals surface area contributed by atoms with Gasteiger partial charge in [-0.1, -0.05) is 48.0 Å². The molecular weight excluding hydrogens is 434 g/mol. The molecule has 3 N–H and O–H groups in total. The number of nitrogens with one attached hydrogen (secondary N) is 2. The van der Waals surface area contributed by atoms with Gasteiger partial charge in [0.15, 0.2) is 5.69 Å². The van der Waals surface area contributed by atoms with Crippen molar-refractivity contribution in [1.82, 2.24) is 15.5 Å². The van der Waals surface area contributed by atoms with Crippen molar-refractivity contribution in [2.45, 2.75) is 25.8 Å². The Kier molecular flexibility index (Phi) is 7.62. The molecule has 1 heterocycles. The third-order valence-corrected chi connectivity index (χ3v) is 4.92. The summed E-state index contributed by atoms with van der Waals surface area (Å²) in [4.78, 5) is 35.6. The van der Waals surface area contributed by atoms with Gasteiger partial charge in [-0.05, 0) is 42.2 Å². The van der Waals surface area contributed by atoms with E-state index in [4.69, 9.17) is 21.4 Å². The minimum absolute atomic E-state index is 0.0359. The molecule has 1 aromatic heterocycles. The third kappa shape index (κ3) is 6.18. The minimum atomic E-state index is -1.22. The summed E-state index contributed by atoms with van der Waals surface area (Å²) in [7, 11) is 0. The standard InChI is InChI=1S/C23H22ClN3O5/c1-2-32-21(28)12-18(25-22(29)19-13-20(23(30)31)27-26-19)10-14-6-8-15(9-7-14)16-4-3-5-17(24)11-16/h3-9,11,13,18H,2,10,12H2,1H3,(H,25,29)(H,26,27)(H,30,31)/t18-/m1/s1. The lowest BCUT2D eigenvalue weighted by Gasteiger charge is -2.18. The maximum absolute atomic E-state index is 12.5. The number of ether oxygens (including phenoxy) is 1. The maximum atomic E-state index is 12.5. The first kappa shape index (κ1) is 23.0. The number of benzene rings is 2. The number of carboxylic acids is 1. The van der Waals surface area contributed by atoms with Gasteiger partial charge in [-0.3, -0.25) is 14.7 Å². The molecule has 8 nitrogen and oxygen atoms in total. The van der Waals surface area contributed by atoms with Gasteiger partial charge in [-0.15, -0.1) is 0 Å². The largest absolute Gasteiger partial charge is 0.477 e. The molecule has 1 atom stereocenters. The molecule has 0 saturated heterocycles. The number of aromatic amines is 1. The molecule has 0 aliphatic carbocycles. The lowest BCUT2D eigenvalue weighted by atomic mass is 9.99. The average Bonchev–Trinajstić information content (AvgIpc) is 3.25. The predicted octanol–water partition coefficient (Wildman–Crippen LogP) is 3.72. The zero-order valence-electron chi connectivity index (χ0n) is 17.3. The molecule has 0 bridgehead atoms. The van der Waals surface area contributed by atoms with Gasteiger partial charge < -0.3 is 15.2 Å². The third-order valence-electron chi connectivity index (χ3n) is 4.69. The molecule has 0 aliphatic heterocycles. The van der Waals surface area contributed by atoms with Crippen molar-refractivity contribution in [2.24, 2.45) is 0 Å². The van der Waals surface area contributed by atoms with E-state index in [0.717, 1.165) is 22.8 Å². The van der Waals surface area contributed by atoms with Crippen LogP contribution in [0.1, 0.15) is 39.9 Å². The molecule has 0 spiro atoms. The zero-order chi connectivity index (χ0) is 23.1. The van der Waals surface area contributed by atoms with Crippen molar-refractivity contribution in [2.75, 3.05) is 6.61 Å². The average molecular weight is 456 g/mol. The summed E-state index contributed by atoms with van der Waals surface area (Å²) in [5.74, 6) is -2.25. The van der Waals surface area contributed by atoms with E-state index in [1.807, 2.05) is 42.5 Å². The van der Waals surface area contributed by atoms with Crippen molar-refractivity contribution in [3.05, 3.63) is 76.6 Å². The summed E-state index contributed by atoms with van der Waals surface area (Å²) in [6, 6.07) is 15.8. The highest BCUT2D eigenvalue weighted by molar-refractivity contribution is 6.30. The van der Waals surface area contributed by atoms with E-state index in [0.29, 0.717) is 11.4 Å². The van der Waals surface area contributed by atoms with Crippen LogP contribution in [0.15, 0.2) is 54.6 Å². The number of esters is 1. The number of hydrogen-bond donors (Lipinski definition) is 3. The Hall–Kier alpha value is -3.65. The first-order chi connectivity index (χ1) is 15.4. The highest BCUT2D eigenvalue weighted by Crippen LogP contribution is 2.23. The molecule has 2 aromatic carbocycles. The van der Waals surface area contributed by atoms with Crippen LogP contribution in [0.4, 0.5) is 0 Å². The van der Waals surface area contributed by atoms with Crippen LogP contribution in [0.2, 0.25) is 5.02 Å². The van der Waals surface area contributed by atoms with Gasteiger partial charge in [-0.2, -0.15) is 5.10 Å². The van der Waals surface area contributed by atoms with Gasteiger partial charge in [0, 0.05) is 17.1 Å². The van der Waals surface area contributed by atoms with Crippen LogP contribution in [-0.2, 0) is 16.0 Å². The van der Waals surface area contributed by atoms with Crippen LogP contribution in [0.3, 0.4) is 0 Å². The quantitative estimate of drug-likeness (QED) is 0.423. The summed E-state index contributed by atoms with van der Waals surface area (Å²) < 4.78 is 5.02. The topological polar surface area (TPSA) is 121 Å². The summed E-state index contributed by atoms with van der Waals surface area (Å²) in [6.07, 6.45) is 0.336. The molecule has 0 fully saturated rings. The zero-order valence-corrected chi connectivity index (χ0v) is 18.1. The Morgan fingerprint density at radius 2 is 1.88 bits per heavy atom. The van der Waals surface area contributed by atoms with Crippen molar-refractivity contribution in [3.8, 4) is 11.1 Å². The van der Waals surface area contributed by atoms with Crippen LogP contribution in [0, 0.1) is 0 Å². The second-order valence-electron chi connectivity index (χ2n) is 7.06. The Balaban J connectivity index is 1.73. The summed E-state index contributed by atoms with van der Waals surface area (Å²) in [5, 5.41) is 18.4. The SMILES string of the molecule is CCOC(=O)C[C@@H](Cc1ccc(-c2cccc(Cl)c2)cc1)NC(=O)c1cc(C(=O)O)[nH]n1. The number of carbonyl (C=O) groups is 3. The monoisotopic (exact) mass is 455 g/mol. The Bertz CT molecular complexity index is 1110. The van der Waals surface area contributed by atoms with Crippen LogP contribution in [0.5, 0.6) is 0 Å². The summed E-state index contributed by atoms with van der Waals surface area (Å²) in [5.41, 5.74) is 2.59. The van der Waals surface area contributed by atoms with E-state index in [1.165, 1.54) is 0 Å². The van der Waals surface area contributed by atoms with Gasteiger partial charge in [0.05, 0.1) is 13.0 Å². The smallest absolute Gasteiger partial charge is 0.353 e. The highest BCUT2D eigenvalue weighted by Gasteiger charge is 2.21. The van der Waals surface area contributed by atoms with Gasteiger partial charge in [0.1, 0.15) is 5.69 Å². The van der Waals surface area contributed by atoms with Crippen molar-refractivity contribution in [3.63, 3.8) is 0 Å². The number of carbonyl (C=O) groups excluding carboxylic acids is 2. The Morgan fingerprint density at radius 3 is 2.50 bits per heavy atom. The molecule has 32 heavy (non-hydrogen) atoms. The van der Waals surface area contributed by atoms with E-state index in [1.54, 1.807) is 13.0 Å². The number of H-pyrrole nitrogens is 1. The highest BCUT2D eigenvalue weighted by atomic mass is 35.5. The second-order valence-corrected chi connectivity index (χ2v) is 7.50. The van der Waals surface area contributed by atoms with E-state index in [9.17, 15) is 14.4 Å².